The van der Waals surface area contributed by atoms with E-state index in [0.29, 0.717) is 6.42 Å². The Labute approximate surface area is 196 Å². The summed E-state index contributed by atoms with van der Waals surface area (Å²) < 4.78 is 17.6. The van der Waals surface area contributed by atoms with Crippen molar-refractivity contribution in [2.24, 2.45) is 4.99 Å². The maximum atomic E-state index is 12.2. The van der Waals surface area contributed by atoms with Gasteiger partial charge in [-0.25, -0.2) is 4.79 Å². The average Bonchev–Trinajstić information content (AvgIpc) is 3.36. The van der Waals surface area contributed by atoms with E-state index < -0.39 is 6.09 Å². The molecule has 0 aliphatic carbocycles. The lowest BCUT2D eigenvalue weighted by Gasteiger charge is -2.32. The van der Waals surface area contributed by atoms with Gasteiger partial charge in [-0.2, -0.15) is 0 Å². The van der Waals surface area contributed by atoms with Crippen LogP contribution in [0.1, 0.15) is 52.2 Å². The zero-order valence-corrected chi connectivity index (χ0v) is 19.9. The zero-order chi connectivity index (χ0) is 23.6. The Hall–Kier alpha value is -2.90. The minimum atomic E-state index is -0.450. The number of carbonyl (C=O) groups is 1. The molecule has 1 amide bonds. The molecule has 1 saturated heterocycles. The molecule has 0 saturated carbocycles. The lowest BCUT2D eigenvalue weighted by molar-refractivity contribution is 0.00578. The molecule has 2 aromatic carbocycles. The van der Waals surface area contributed by atoms with Crippen molar-refractivity contribution in [1.29, 1.82) is 0 Å². The van der Waals surface area contributed by atoms with Crippen LogP contribution in [0.15, 0.2) is 65.8 Å². The molecule has 2 aromatic rings. The van der Waals surface area contributed by atoms with Crippen molar-refractivity contribution in [2.45, 2.75) is 64.9 Å². The van der Waals surface area contributed by atoms with Crippen molar-refractivity contribution >= 4 is 30.0 Å². The topological polar surface area (TPSA) is 69.2 Å². The number of carbonyl (C=O) groups excluding carboxylic acids is 1. The summed E-state index contributed by atoms with van der Waals surface area (Å²) >= 11 is 0. The molecule has 172 valence electrons. The van der Waals surface area contributed by atoms with E-state index in [2.05, 4.69) is 50.1 Å². The first-order valence-corrected chi connectivity index (χ1v) is 11.3. The normalized spacial score (nSPS) is 19.6. The van der Waals surface area contributed by atoms with Crippen molar-refractivity contribution in [2.75, 3.05) is 0 Å². The highest BCUT2D eigenvalue weighted by atomic mass is 16.7. The number of ether oxygens (including phenoxy) is 1. The molecule has 0 radical (unpaired) electrons. The Balaban J connectivity index is 1.29. The van der Waals surface area contributed by atoms with Crippen LogP contribution in [0.5, 0.6) is 0 Å². The number of hydrogen-bond donors (Lipinski definition) is 1. The second-order valence-corrected chi connectivity index (χ2v) is 9.59. The third-order valence-electron chi connectivity index (χ3n) is 6.61. The highest BCUT2D eigenvalue weighted by molar-refractivity contribution is 6.62. The Kier molecular flexibility index (Phi) is 6.46. The fraction of sp³-hybridized carbons (Fsp3) is 0.385. The standard InChI is InChI=1S/C26H31BN2O4/c1-18(29-24(30)31-17-19-9-7-6-8-10-19)23-15-21(16-28-23)20-11-13-22(14-12-20)27-32-25(2,3)26(4,5)33-27/h6-14,16,18H,15,17H2,1-5H3,(H,29,30)/t18-/m0/s1. The van der Waals surface area contributed by atoms with E-state index in [1.54, 1.807) is 0 Å². The summed E-state index contributed by atoms with van der Waals surface area (Å²) in [6, 6.07) is 17.6. The average molecular weight is 446 g/mol. The number of benzene rings is 2. The number of nitrogens with zero attached hydrogens (tertiary/aromatic N) is 1. The third kappa shape index (κ3) is 5.20. The van der Waals surface area contributed by atoms with Crippen LogP contribution in [0.4, 0.5) is 4.79 Å². The summed E-state index contributed by atoms with van der Waals surface area (Å²) in [7, 11) is -0.375. The summed E-state index contributed by atoms with van der Waals surface area (Å²) in [4.78, 5) is 16.7. The molecule has 2 aliphatic heterocycles. The third-order valence-corrected chi connectivity index (χ3v) is 6.61. The highest BCUT2D eigenvalue weighted by Gasteiger charge is 2.51. The van der Waals surface area contributed by atoms with Gasteiger partial charge in [0.15, 0.2) is 0 Å². The van der Waals surface area contributed by atoms with Crippen LogP contribution in [0.3, 0.4) is 0 Å². The fourth-order valence-electron chi connectivity index (χ4n) is 3.75. The molecule has 2 aliphatic rings. The first-order valence-electron chi connectivity index (χ1n) is 11.3. The van der Waals surface area contributed by atoms with E-state index >= 15 is 0 Å². The first-order chi connectivity index (χ1) is 15.6. The Morgan fingerprint density at radius 2 is 1.70 bits per heavy atom. The van der Waals surface area contributed by atoms with Crippen LogP contribution < -0.4 is 10.8 Å². The Morgan fingerprint density at radius 1 is 1.06 bits per heavy atom. The second kappa shape index (κ2) is 9.16. The van der Waals surface area contributed by atoms with Gasteiger partial charge in [0.25, 0.3) is 0 Å². The van der Waals surface area contributed by atoms with Crippen molar-refractivity contribution in [3.63, 3.8) is 0 Å². The molecule has 0 aromatic heterocycles. The van der Waals surface area contributed by atoms with E-state index in [4.69, 9.17) is 14.0 Å². The SMILES string of the molecule is C[C@H](NC(=O)OCc1ccccc1)C1=NC=C(c2ccc(B3OC(C)(C)C(C)(C)O3)cc2)C1. The van der Waals surface area contributed by atoms with Gasteiger partial charge in [-0.1, -0.05) is 54.6 Å². The Morgan fingerprint density at radius 3 is 2.33 bits per heavy atom. The molecule has 2 heterocycles. The molecule has 1 atom stereocenters. The number of aliphatic imine (C=N–C) groups is 1. The molecule has 1 N–H and O–H groups in total. The lowest BCUT2D eigenvalue weighted by Crippen LogP contribution is -2.41. The van der Waals surface area contributed by atoms with Crippen LogP contribution >= 0.6 is 0 Å². The van der Waals surface area contributed by atoms with Crippen LogP contribution in [0.25, 0.3) is 5.57 Å². The van der Waals surface area contributed by atoms with Crippen LogP contribution in [-0.2, 0) is 20.7 Å². The van der Waals surface area contributed by atoms with E-state index in [9.17, 15) is 4.79 Å². The molecule has 6 nitrogen and oxygen atoms in total. The number of allylic oxidation sites excluding steroid dienone is 1. The van der Waals surface area contributed by atoms with Crippen LogP contribution in [0, 0.1) is 0 Å². The molecule has 0 unspecified atom stereocenters. The summed E-state index contributed by atoms with van der Waals surface area (Å²) in [5, 5.41) is 2.87. The van der Waals surface area contributed by atoms with Crippen molar-refractivity contribution < 1.29 is 18.8 Å². The fourth-order valence-corrected chi connectivity index (χ4v) is 3.75. The van der Waals surface area contributed by atoms with Crippen molar-refractivity contribution in [3.05, 3.63) is 71.9 Å². The molecule has 33 heavy (non-hydrogen) atoms. The quantitative estimate of drug-likeness (QED) is 0.665. The molecule has 0 spiro atoms. The van der Waals surface area contributed by atoms with Gasteiger partial charge in [-0.3, -0.25) is 4.99 Å². The largest absolute Gasteiger partial charge is 0.494 e. The van der Waals surface area contributed by atoms with Gasteiger partial charge in [-0.05, 0) is 56.8 Å². The molecule has 0 bridgehead atoms. The van der Waals surface area contributed by atoms with Gasteiger partial charge >= 0.3 is 13.2 Å². The van der Waals surface area contributed by atoms with Crippen molar-refractivity contribution in [1.82, 2.24) is 5.32 Å². The predicted molar refractivity (Wildman–Crippen MR) is 131 cm³/mol. The number of amides is 1. The number of alkyl carbamates (subject to hydrolysis) is 1. The van der Waals surface area contributed by atoms with Gasteiger partial charge in [0.2, 0.25) is 0 Å². The van der Waals surface area contributed by atoms with Gasteiger partial charge < -0.3 is 19.4 Å². The maximum absolute atomic E-state index is 12.2. The summed E-state index contributed by atoms with van der Waals surface area (Å²) in [6.45, 7) is 10.4. The van der Waals surface area contributed by atoms with Crippen LogP contribution in [0.2, 0.25) is 0 Å². The van der Waals surface area contributed by atoms with E-state index in [0.717, 1.165) is 27.9 Å². The van der Waals surface area contributed by atoms with Crippen molar-refractivity contribution in [3.8, 4) is 0 Å². The minimum absolute atomic E-state index is 0.217. The van der Waals surface area contributed by atoms with Gasteiger partial charge in [0, 0.05) is 18.3 Å². The lowest BCUT2D eigenvalue weighted by atomic mass is 9.78. The van der Waals surface area contributed by atoms with Gasteiger partial charge in [-0.15, -0.1) is 0 Å². The number of nitrogens with one attached hydrogen (secondary N) is 1. The van der Waals surface area contributed by atoms with Crippen LogP contribution in [-0.4, -0.2) is 36.2 Å². The molecular weight excluding hydrogens is 415 g/mol. The smallest absolute Gasteiger partial charge is 0.445 e. The number of rotatable bonds is 6. The van der Waals surface area contributed by atoms with E-state index in [-0.39, 0.29) is 31.0 Å². The predicted octanol–water partition coefficient (Wildman–Crippen LogP) is 4.49. The summed E-state index contributed by atoms with van der Waals surface area (Å²) in [5.74, 6) is 0. The summed E-state index contributed by atoms with van der Waals surface area (Å²) in [5.41, 5.74) is 4.32. The monoisotopic (exact) mass is 446 g/mol. The zero-order valence-electron chi connectivity index (χ0n) is 19.9. The summed E-state index contributed by atoms with van der Waals surface area (Å²) in [6.07, 6.45) is 2.09. The van der Waals surface area contributed by atoms with Gasteiger partial charge in [0.1, 0.15) is 6.61 Å². The Bertz CT molecular complexity index is 1050. The molecule has 1 fully saturated rings. The van der Waals surface area contributed by atoms with Gasteiger partial charge in [0.05, 0.1) is 17.2 Å². The van der Waals surface area contributed by atoms with E-state index in [1.165, 1.54) is 0 Å². The first kappa shape index (κ1) is 23.3. The molecule has 7 heteroatoms. The maximum Gasteiger partial charge on any atom is 0.494 e. The molecular formula is C26H31BN2O4. The second-order valence-electron chi connectivity index (χ2n) is 9.59. The van der Waals surface area contributed by atoms with E-state index in [1.807, 2.05) is 55.6 Å². The molecule has 4 rings (SSSR count). The number of hydrogen-bond acceptors (Lipinski definition) is 5. The highest BCUT2D eigenvalue weighted by Crippen LogP contribution is 2.36. The minimum Gasteiger partial charge on any atom is -0.445 e.